The van der Waals surface area contributed by atoms with E-state index in [4.69, 9.17) is 0 Å². The van der Waals surface area contributed by atoms with Gasteiger partial charge in [-0.25, -0.2) is 0 Å². The van der Waals surface area contributed by atoms with Crippen LogP contribution in [-0.2, 0) is 0 Å². The minimum absolute atomic E-state index is 0.415. The zero-order valence-electron chi connectivity index (χ0n) is 9.80. The Bertz CT molecular complexity index is 284. The summed E-state index contributed by atoms with van der Waals surface area (Å²) in [6.45, 7) is 12.8. The summed E-state index contributed by atoms with van der Waals surface area (Å²) >= 11 is 0. The summed E-state index contributed by atoms with van der Waals surface area (Å²) in [4.78, 5) is 4.44. The Morgan fingerprint density at radius 1 is 1.43 bits per heavy atom. The zero-order valence-corrected chi connectivity index (χ0v) is 9.80. The lowest BCUT2D eigenvalue weighted by atomic mass is 9.76. The van der Waals surface area contributed by atoms with Gasteiger partial charge >= 0.3 is 0 Å². The van der Waals surface area contributed by atoms with Crippen molar-refractivity contribution < 1.29 is 0 Å². The molecule has 1 heteroatoms. The van der Waals surface area contributed by atoms with E-state index in [9.17, 15) is 0 Å². The van der Waals surface area contributed by atoms with E-state index in [1.54, 1.807) is 12.3 Å². The molecule has 1 rings (SSSR count). The Morgan fingerprint density at radius 2 is 2.07 bits per heavy atom. The fourth-order valence-corrected chi connectivity index (χ4v) is 2.01. The molecule has 0 fully saturated rings. The fourth-order valence-electron chi connectivity index (χ4n) is 2.01. The molecule has 0 bridgehead atoms. The molecule has 0 aromatic rings. The maximum Gasteiger partial charge on any atom is 0.0398 e. The van der Waals surface area contributed by atoms with E-state index >= 15 is 0 Å². The Kier molecular flexibility index (Phi) is 3.30. The summed E-state index contributed by atoms with van der Waals surface area (Å²) in [5.74, 6) is 0.717. The van der Waals surface area contributed by atoms with E-state index in [2.05, 4.69) is 39.3 Å². The van der Waals surface area contributed by atoms with Gasteiger partial charge in [0.2, 0.25) is 0 Å². The minimum atomic E-state index is 0.415. The molecule has 0 radical (unpaired) electrons. The molecule has 0 heterocycles. The maximum atomic E-state index is 4.44. The van der Waals surface area contributed by atoms with Gasteiger partial charge in [0.15, 0.2) is 0 Å². The topological polar surface area (TPSA) is 12.4 Å². The van der Waals surface area contributed by atoms with Gasteiger partial charge < -0.3 is 0 Å². The number of hydrogen-bond donors (Lipinski definition) is 0. The first-order valence-corrected chi connectivity index (χ1v) is 5.33. The van der Waals surface area contributed by atoms with Gasteiger partial charge in [-0.15, -0.1) is 0 Å². The molecule has 0 aliphatic heterocycles. The summed E-state index contributed by atoms with van der Waals surface area (Å²) in [5.41, 5.74) is 3.12. The van der Waals surface area contributed by atoms with Crippen molar-refractivity contribution >= 4 is 6.21 Å². The molecule has 0 saturated carbocycles. The van der Waals surface area contributed by atoms with Crippen molar-refractivity contribution in [1.29, 1.82) is 0 Å². The Labute approximate surface area is 87.6 Å². The molecule has 0 spiro atoms. The van der Waals surface area contributed by atoms with Gasteiger partial charge in [0.25, 0.3) is 0 Å². The van der Waals surface area contributed by atoms with Gasteiger partial charge in [0.1, 0.15) is 0 Å². The van der Waals surface area contributed by atoms with Crippen molar-refractivity contribution in [2.75, 3.05) is 0 Å². The molecule has 0 aromatic heterocycles. The van der Waals surface area contributed by atoms with Crippen molar-refractivity contribution in [3.05, 3.63) is 23.9 Å². The number of aliphatic imine (C=N–C) groups is 1. The van der Waals surface area contributed by atoms with Crippen LogP contribution in [0, 0.1) is 11.3 Å². The Hall–Kier alpha value is -0.850. The largest absolute Gasteiger partial charge is 0.261 e. The van der Waals surface area contributed by atoms with Crippen LogP contribution in [-0.4, -0.2) is 6.21 Å². The molecular formula is C13H21N. The first-order valence-electron chi connectivity index (χ1n) is 5.33. The summed E-state index contributed by atoms with van der Waals surface area (Å²) in [6, 6.07) is 0. The monoisotopic (exact) mass is 191 g/mol. The van der Waals surface area contributed by atoms with Crippen molar-refractivity contribution in [1.82, 2.24) is 0 Å². The Balaban J connectivity index is 2.78. The van der Waals surface area contributed by atoms with Gasteiger partial charge in [-0.05, 0) is 31.1 Å². The highest BCUT2D eigenvalue weighted by molar-refractivity contribution is 5.71. The van der Waals surface area contributed by atoms with Gasteiger partial charge in [0.05, 0.1) is 0 Å². The number of allylic oxidation sites excluding steroid dienone is 3. The van der Waals surface area contributed by atoms with E-state index in [1.165, 1.54) is 17.7 Å². The SMILES string of the molecule is C=CC=NC1=C(C)CC(C)(C(C)C)C1. The van der Waals surface area contributed by atoms with Gasteiger partial charge in [0, 0.05) is 11.9 Å². The third-order valence-electron chi connectivity index (χ3n) is 3.46. The van der Waals surface area contributed by atoms with Gasteiger partial charge in [-0.2, -0.15) is 0 Å². The third kappa shape index (κ3) is 2.14. The van der Waals surface area contributed by atoms with Crippen molar-refractivity contribution in [2.45, 2.75) is 40.5 Å². The molecule has 0 aromatic carbocycles. The van der Waals surface area contributed by atoms with Crippen LogP contribution >= 0.6 is 0 Å². The lowest BCUT2D eigenvalue weighted by Crippen LogP contribution is -2.19. The normalized spacial score (nSPS) is 28.1. The highest BCUT2D eigenvalue weighted by Gasteiger charge is 2.35. The molecule has 1 nitrogen and oxygen atoms in total. The second-order valence-electron chi connectivity index (χ2n) is 4.90. The molecule has 1 aliphatic carbocycles. The number of nitrogens with zero attached hydrogens (tertiary/aromatic N) is 1. The van der Waals surface area contributed by atoms with Crippen LogP contribution in [0.4, 0.5) is 0 Å². The predicted octanol–water partition coefficient (Wildman–Crippen LogP) is 3.97. The highest BCUT2D eigenvalue weighted by Crippen LogP contribution is 2.46. The van der Waals surface area contributed by atoms with Crippen LogP contribution in [0.15, 0.2) is 28.9 Å². The van der Waals surface area contributed by atoms with Crippen LogP contribution in [0.1, 0.15) is 40.5 Å². The summed E-state index contributed by atoms with van der Waals surface area (Å²) in [5, 5.41) is 0. The quantitative estimate of drug-likeness (QED) is 0.598. The zero-order chi connectivity index (χ0) is 10.8. The molecule has 0 amide bonds. The van der Waals surface area contributed by atoms with Crippen molar-refractivity contribution in [2.24, 2.45) is 16.3 Å². The first-order chi connectivity index (χ1) is 6.49. The highest BCUT2D eigenvalue weighted by atomic mass is 14.8. The summed E-state index contributed by atoms with van der Waals surface area (Å²) in [6.07, 6.45) is 5.84. The van der Waals surface area contributed by atoms with Crippen LogP contribution < -0.4 is 0 Å². The van der Waals surface area contributed by atoms with Gasteiger partial charge in [-0.3, -0.25) is 4.99 Å². The molecule has 1 aliphatic rings. The fraction of sp³-hybridized carbons (Fsp3) is 0.615. The summed E-state index contributed by atoms with van der Waals surface area (Å²) < 4.78 is 0. The molecule has 0 N–H and O–H groups in total. The van der Waals surface area contributed by atoms with E-state index in [0.717, 1.165) is 6.42 Å². The van der Waals surface area contributed by atoms with E-state index in [-0.39, 0.29) is 0 Å². The first kappa shape index (κ1) is 11.2. The van der Waals surface area contributed by atoms with Crippen LogP contribution in [0.5, 0.6) is 0 Å². The second kappa shape index (κ2) is 4.12. The second-order valence-corrected chi connectivity index (χ2v) is 4.90. The van der Waals surface area contributed by atoms with Crippen LogP contribution in [0.3, 0.4) is 0 Å². The standard InChI is InChI=1S/C13H21N/c1-6-7-14-12-9-13(5,10(2)3)8-11(12)4/h6-7,10H,1,8-9H2,2-5H3. The van der Waals surface area contributed by atoms with E-state index in [0.29, 0.717) is 11.3 Å². The average Bonchev–Trinajstić information content (AvgIpc) is 2.39. The molecular weight excluding hydrogens is 170 g/mol. The van der Waals surface area contributed by atoms with Crippen molar-refractivity contribution in [3.8, 4) is 0 Å². The van der Waals surface area contributed by atoms with Crippen molar-refractivity contribution in [3.63, 3.8) is 0 Å². The number of rotatable bonds is 3. The van der Waals surface area contributed by atoms with E-state index < -0.39 is 0 Å². The smallest absolute Gasteiger partial charge is 0.0398 e. The third-order valence-corrected chi connectivity index (χ3v) is 3.46. The summed E-state index contributed by atoms with van der Waals surface area (Å²) in [7, 11) is 0. The predicted molar refractivity (Wildman–Crippen MR) is 63.6 cm³/mol. The lowest BCUT2D eigenvalue weighted by molar-refractivity contribution is 0.232. The molecule has 78 valence electrons. The minimum Gasteiger partial charge on any atom is -0.261 e. The molecule has 14 heavy (non-hydrogen) atoms. The number of hydrogen-bond acceptors (Lipinski definition) is 1. The lowest BCUT2D eigenvalue weighted by Gasteiger charge is -2.28. The molecule has 0 saturated heterocycles. The average molecular weight is 191 g/mol. The molecule has 1 atom stereocenters. The van der Waals surface area contributed by atoms with Crippen LogP contribution in [0.25, 0.3) is 0 Å². The van der Waals surface area contributed by atoms with Crippen LogP contribution in [0.2, 0.25) is 0 Å². The molecule has 1 unspecified atom stereocenters. The maximum absolute atomic E-state index is 4.44. The van der Waals surface area contributed by atoms with E-state index in [1.807, 2.05) is 0 Å². The van der Waals surface area contributed by atoms with Gasteiger partial charge in [-0.1, -0.05) is 39.0 Å². The Morgan fingerprint density at radius 3 is 2.50 bits per heavy atom.